The first-order chi connectivity index (χ1) is 17.9. The number of ether oxygens (including phenoxy) is 2. The quantitative estimate of drug-likeness (QED) is 0.185. The molecule has 1 fully saturated rings. The van der Waals surface area contributed by atoms with Crippen LogP contribution in [0.25, 0.3) is 0 Å². The number of hydrogen-bond acceptors (Lipinski definition) is 5. The highest BCUT2D eigenvalue weighted by atomic mass is 32.2. The third-order valence-corrected chi connectivity index (χ3v) is 8.54. The van der Waals surface area contributed by atoms with E-state index in [1.807, 2.05) is 68.1 Å². The molecule has 37 heavy (non-hydrogen) atoms. The molecule has 2 aliphatic rings. The lowest BCUT2D eigenvalue weighted by Gasteiger charge is -2.30. The summed E-state index contributed by atoms with van der Waals surface area (Å²) < 4.78 is 12.5. The lowest BCUT2D eigenvalue weighted by molar-refractivity contribution is -0.00221. The van der Waals surface area contributed by atoms with Crippen molar-refractivity contribution in [3.05, 3.63) is 102 Å². The molecule has 0 radical (unpaired) electrons. The molecule has 1 aliphatic carbocycles. The summed E-state index contributed by atoms with van der Waals surface area (Å²) >= 11 is 1.88. The Balaban J connectivity index is 1.24. The van der Waals surface area contributed by atoms with Gasteiger partial charge in [0, 0.05) is 28.7 Å². The van der Waals surface area contributed by atoms with Crippen molar-refractivity contribution in [1.82, 2.24) is 0 Å². The number of hydrogen-bond donors (Lipinski definition) is 2. The summed E-state index contributed by atoms with van der Waals surface area (Å²) in [5.41, 5.74) is 1.62. The number of thioether (sulfide) groups is 1. The van der Waals surface area contributed by atoms with Gasteiger partial charge in [-0.25, -0.2) is 0 Å². The zero-order valence-electron chi connectivity index (χ0n) is 21.5. The molecule has 0 bridgehead atoms. The molecule has 1 saturated carbocycles. The number of rotatable bonds is 10. The van der Waals surface area contributed by atoms with Crippen molar-refractivity contribution in [2.45, 2.75) is 67.8 Å². The Morgan fingerprint density at radius 1 is 1.03 bits per heavy atom. The van der Waals surface area contributed by atoms with Gasteiger partial charge in [0.2, 0.25) is 0 Å². The lowest BCUT2D eigenvalue weighted by atomic mass is 9.86. The summed E-state index contributed by atoms with van der Waals surface area (Å²) in [4.78, 5) is 1.30. The molecule has 4 nitrogen and oxygen atoms in total. The smallest absolute Gasteiger partial charge is 0.133 e. The lowest BCUT2D eigenvalue weighted by Crippen LogP contribution is -2.41. The fraction of sp³-hybridized carbons (Fsp3) is 0.375. The zero-order chi connectivity index (χ0) is 25.8. The summed E-state index contributed by atoms with van der Waals surface area (Å²) in [6.45, 7) is 3.75. The second kappa shape index (κ2) is 11.3. The average molecular weight is 517 g/mol. The van der Waals surface area contributed by atoms with E-state index < -0.39 is 17.8 Å². The molecule has 2 N–H and O–H groups in total. The van der Waals surface area contributed by atoms with Crippen LogP contribution in [-0.4, -0.2) is 39.9 Å². The second-order valence-corrected chi connectivity index (χ2v) is 11.7. The summed E-state index contributed by atoms with van der Waals surface area (Å²) in [5.74, 6) is 2.75. The minimum atomic E-state index is -0.825. The second-order valence-electron chi connectivity index (χ2n) is 10.5. The summed E-state index contributed by atoms with van der Waals surface area (Å²) in [5, 5.41) is 21.8. The van der Waals surface area contributed by atoms with Gasteiger partial charge < -0.3 is 19.7 Å². The van der Waals surface area contributed by atoms with Crippen LogP contribution in [0.1, 0.15) is 43.7 Å². The summed E-state index contributed by atoms with van der Waals surface area (Å²) in [6, 6.07) is 26.5. The maximum absolute atomic E-state index is 10.9. The molecule has 5 heteroatoms. The highest BCUT2D eigenvalue weighted by molar-refractivity contribution is 7.99. The molecule has 3 aromatic carbocycles. The molecule has 0 unspecified atom stereocenters. The van der Waals surface area contributed by atoms with Gasteiger partial charge >= 0.3 is 0 Å². The molecule has 194 valence electrons. The first-order valence-corrected chi connectivity index (χ1v) is 14.2. The number of aryl methyl sites for hydroxylation is 1. The molecular weight excluding hydrogens is 480 g/mol. The van der Waals surface area contributed by atoms with Gasteiger partial charge in [-0.15, -0.1) is 11.8 Å². The number of aliphatic hydroxyl groups excluding tert-OH is 2. The maximum atomic E-state index is 10.9. The fourth-order valence-electron chi connectivity index (χ4n) is 5.45. The van der Waals surface area contributed by atoms with Crippen LogP contribution in [0.3, 0.4) is 0 Å². The van der Waals surface area contributed by atoms with Crippen LogP contribution in [-0.2, 0) is 6.42 Å². The molecule has 1 heterocycles. The molecule has 0 amide bonds. The third-order valence-electron chi connectivity index (χ3n) is 7.44. The normalized spacial score (nSPS) is 23.5. The van der Waals surface area contributed by atoms with E-state index in [0.29, 0.717) is 12.2 Å². The minimum Gasteiger partial charge on any atom is -0.489 e. The fourth-order valence-corrected chi connectivity index (χ4v) is 6.33. The van der Waals surface area contributed by atoms with E-state index >= 15 is 0 Å². The van der Waals surface area contributed by atoms with Crippen molar-refractivity contribution in [1.29, 1.82) is 0 Å². The van der Waals surface area contributed by atoms with E-state index in [1.54, 1.807) is 6.08 Å². The van der Waals surface area contributed by atoms with Gasteiger partial charge in [-0.1, -0.05) is 66.7 Å². The Hall–Kier alpha value is -2.73. The Morgan fingerprint density at radius 2 is 1.76 bits per heavy atom. The van der Waals surface area contributed by atoms with Crippen LogP contribution in [0, 0.1) is 5.92 Å². The topological polar surface area (TPSA) is 58.9 Å². The molecular formula is C32H36O4S. The zero-order valence-corrected chi connectivity index (χ0v) is 22.3. The molecule has 3 aromatic rings. The monoisotopic (exact) mass is 516 g/mol. The van der Waals surface area contributed by atoms with Gasteiger partial charge in [0.15, 0.2) is 0 Å². The van der Waals surface area contributed by atoms with Gasteiger partial charge in [0.1, 0.15) is 29.3 Å². The van der Waals surface area contributed by atoms with Gasteiger partial charge in [0.05, 0.1) is 6.10 Å². The van der Waals surface area contributed by atoms with Crippen LogP contribution >= 0.6 is 11.8 Å². The molecule has 1 aliphatic heterocycles. The van der Waals surface area contributed by atoms with Gasteiger partial charge in [-0.05, 0) is 62.3 Å². The van der Waals surface area contributed by atoms with Crippen LogP contribution in [0.4, 0.5) is 0 Å². The largest absolute Gasteiger partial charge is 0.489 e. The van der Waals surface area contributed by atoms with Crippen LogP contribution in [0.5, 0.6) is 11.5 Å². The number of benzene rings is 3. The number of fused-ring (bicyclic) bond motifs is 3. The van der Waals surface area contributed by atoms with Gasteiger partial charge in [-0.3, -0.25) is 0 Å². The van der Waals surface area contributed by atoms with E-state index in [4.69, 9.17) is 9.47 Å². The molecule has 0 spiro atoms. The van der Waals surface area contributed by atoms with E-state index in [2.05, 4.69) is 42.5 Å². The van der Waals surface area contributed by atoms with E-state index in [1.165, 1.54) is 16.0 Å². The highest BCUT2D eigenvalue weighted by Crippen LogP contribution is 2.52. The predicted molar refractivity (Wildman–Crippen MR) is 149 cm³/mol. The SMILES string of the molecule is CC(C)(Oc1ccccc1)[C@H](O)/C=C/[C@@H]1[C@H]2c3cccc(CCCSc4ccccc4)c3O[C@H]2C[C@H]1O. The summed E-state index contributed by atoms with van der Waals surface area (Å²) in [7, 11) is 0. The van der Waals surface area contributed by atoms with Crippen molar-refractivity contribution in [2.75, 3.05) is 5.75 Å². The summed E-state index contributed by atoms with van der Waals surface area (Å²) in [6.07, 6.45) is 5.02. The van der Waals surface area contributed by atoms with Crippen LogP contribution < -0.4 is 9.47 Å². The third kappa shape index (κ3) is 5.90. The molecule has 5 atom stereocenters. The Labute approximate surface area is 224 Å². The predicted octanol–water partition coefficient (Wildman–Crippen LogP) is 6.41. The van der Waals surface area contributed by atoms with Gasteiger partial charge in [0.25, 0.3) is 0 Å². The van der Waals surface area contributed by atoms with Crippen molar-refractivity contribution < 1.29 is 19.7 Å². The molecule has 0 saturated heterocycles. The number of aliphatic hydroxyl groups is 2. The van der Waals surface area contributed by atoms with Crippen molar-refractivity contribution in [3.63, 3.8) is 0 Å². The number of para-hydroxylation sites is 2. The Bertz CT molecular complexity index is 1190. The Kier molecular flexibility index (Phi) is 7.94. The standard InChI is InChI=1S/C32H36O4S/c1-32(2,36-23-13-5-3-6-14-23)29(34)19-18-25-27(33)21-28-30(25)26-17-9-11-22(31(26)35-28)12-10-20-37-24-15-7-4-8-16-24/h3-9,11,13-19,25,27-30,33-34H,10,12,20-21H2,1-2H3/b19-18+/t25-,27+,28-,29+,30-/m0/s1. The van der Waals surface area contributed by atoms with Crippen LogP contribution in [0.15, 0.2) is 95.9 Å². The Morgan fingerprint density at radius 3 is 2.51 bits per heavy atom. The van der Waals surface area contributed by atoms with E-state index in [9.17, 15) is 10.2 Å². The van der Waals surface area contributed by atoms with E-state index in [0.717, 1.165) is 24.3 Å². The molecule has 5 rings (SSSR count). The van der Waals surface area contributed by atoms with Crippen LogP contribution in [0.2, 0.25) is 0 Å². The maximum Gasteiger partial charge on any atom is 0.133 e. The van der Waals surface area contributed by atoms with Gasteiger partial charge in [-0.2, -0.15) is 0 Å². The van der Waals surface area contributed by atoms with Crippen molar-refractivity contribution in [3.8, 4) is 11.5 Å². The van der Waals surface area contributed by atoms with Crippen molar-refractivity contribution in [2.24, 2.45) is 5.92 Å². The van der Waals surface area contributed by atoms with Crippen molar-refractivity contribution >= 4 is 11.8 Å². The first-order valence-electron chi connectivity index (χ1n) is 13.2. The minimum absolute atomic E-state index is 0.0368. The van der Waals surface area contributed by atoms with E-state index in [-0.39, 0.29) is 17.9 Å². The highest BCUT2D eigenvalue weighted by Gasteiger charge is 2.49. The molecule has 0 aromatic heterocycles. The first kappa shape index (κ1) is 25.9. The average Bonchev–Trinajstić information content (AvgIpc) is 3.41.